The van der Waals surface area contributed by atoms with E-state index < -0.39 is 0 Å². The van der Waals surface area contributed by atoms with Crippen LogP contribution in [0.25, 0.3) is 0 Å². The van der Waals surface area contributed by atoms with Gasteiger partial charge in [0.1, 0.15) is 5.75 Å². The van der Waals surface area contributed by atoms with Gasteiger partial charge in [-0.25, -0.2) is 0 Å². The second-order valence-electron chi connectivity index (χ2n) is 6.87. The first kappa shape index (κ1) is 19.0. The number of rotatable bonds is 9. The summed E-state index contributed by atoms with van der Waals surface area (Å²) < 4.78 is 5.20. The zero-order valence-corrected chi connectivity index (χ0v) is 15.6. The Labute approximate surface area is 160 Å². The third-order valence-electron chi connectivity index (χ3n) is 4.87. The summed E-state index contributed by atoms with van der Waals surface area (Å²) in [6.07, 6.45) is 2.18. The third-order valence-corrected chi connectivity index (χ3v) is 4.87. The van der Waals surface area contributed by atoms with Gasteiger partial charge in [-0.2, -0.15) is 0 Å². The lowest BCUT2D eigenvalue weighted by Gasteiger charge is -2.07. The Morgan fingerprint density at radius 2 is 1.48 bits per heavy atom. The van der Waals surface area contributed by atoms with Gasteiger partial charge in [-0.3, -0.25) is 9.59 Å². The lowest BCUT2D eigenvalue weighted by atomic mass is 10.1. The average Bonchev–Trinajstić information content (AvgIpc) is 3.50. The van der Waals surface area contributed by atoms with E-state index in [-0.39, 0.29) is 23.7 Å². The molecule has 2 N–H and O–H groups in total. The van der Waals surface area contributed by atoms with E-state index >= 15 is 0 Å². The van der Waals surface area contributed by atoms with E-state index in [1.54, 1.807) is 7.11 Å². The van der Waals surface area contributed by atoms with Crippen LogP contribution in [-0.2, 0) is 22.4 Å². The van der Waals surface area contributed by atoms with Crippen LogP contribution in [0.1, 0.15) is 17.5 Å². The van der Waals surface area contributed by atoms with E-state index in [9.17, 15) is 9.59 Å². The van der Waals surface area contributed by atoms with Crippen molar-refractivity contribution in [1.29, 1.82) is 0 Å². The zero-order valence-electron chi connectivity index (χ0n) is 15.6. The number of carbonyl (C=O) groups excluding carboxylic acids is 2. The first-order valence-electron chi connectivity index (χ1n) is 9.39. The van der Waals surface area contributed by atoms with Crippen molar-refractivity contribution in [3.8, 4) is 5.75 Å². The Morgan fingerprint density at radius 3 is 2.11 bits per heavy atom. The van der Waals surface area contributed by atoms with Crippen LogP contribution in [0, 0.1) is 11.8 Å². The molecule has 0 radical (unpaired) electrons. The SMILES string of the molecule is COc1cccc(CCNC(=O)C2CC2C(=O)NCCc2ccccc2)c1. The fraction of sp³-hybridized carbons (Fsp3) is 0.364. The summed E-state index contributed by atoms with van der Waals surface area (Å²) >= 11 is 0. The van der Waals surface area contributed by atoms with Crippen molar-refractivity contribution in [3.63, 3.8) is 0 Å². The van der Waals surface area contributed by atoms with Crippen LogP contribution in [0.3, 0.4) is 0 Å². The minimum absolute atomic E-state index is 0.0149. The molecule has 2 atom stereocenters. The highest BCUT2D eigenvalue weighted by molar-refractivity contribution is 5.92. The molecule has 27 heavy (non-hydrogen) atoms. The first-order chi connectivity index (χ1) is 13.2. The highest BCUT2D eigenvalue weighted by Crippen LogP contribution is 2.38. The number of carbonyl (C=O) groups is 2. The molecule has 0 spiro atoms. The molecule has 0 bridgehead atoms. The fourth-order valence-electron chi connectivity index (χ4n) is 3.17. The zero-order chi connectivity index (χ0) is 19.1. The van der Waals surface area contributed by atoms with Crippen molar-refractivity contribution in [2.75, 3.05) is 20.2 Å². The van der Waals surface area contributed by atoms with E-state index in [0.717, 1.165) is 24.2 Å². The summed E-state index contributed by atoms with van der Waals surface area (Å²) in [5.41, 5.74) is 2.31. The van der Waals surface area contributed by atoms with Gasteiger partial charge in [-0.05, 0) is 42.5 Å². The van der Waals surface area contributed by atoms with Crippen LogP contribution in [0.5, 0.6) is 5.75 Å². The number of ether oxygens (including phenoxy) is 1. The largest absolute Gasteiger partial charge is 0.497 e. The van der Waals surface area contributed by atoms with Gasteiger partial charge in [0.15, 0.2) is 0 Å². The molecule has 1 saturated carbocycles. The van der Waals surface area contributed by atoms with E-state index in [4.69, 9.17) is 4.74 Å². The highest BCUT2D eigenvalue weighted by atomic mass is 16.5. The molecule has 1 fully saturated rings. The van der Waals surface area contributed by atoms with Crippen molar-refractivity contribution in [2.45, 2.75) is 19.3 Å². The first-order valence-corrected chi connectivity index (χ1v) is 9.39. The third kappa shape index (κ3) is 5.58. The summed E-state index contributed by atoms with van der Waals surface area (Å²) in [6, 6.07) is 17.8. The van der Waals surface area contributed by atoms with Gasteiger partial charge in [-0.1, -0.05) is 42.5 Å². The van der Waals surface area contributed by atoms with Crippen LogP contribution in [0.15, 0.2) is 54.6 Å². The molecule has 0 aromatic heterocycles. The summed E-state index contributed by atoms with van der Waals surface area (Å²) in [7, 11) is 1.64. The van der Waals surface area contributed by atoms with Gasteiger partial charge in [0, 0.05) is 13.1 Å². The lowest BCUT2D eigenvalue weighted by Crippen LogP contribution is -2.32. The number of benzene rings is 2. The van der Waals surface area contributed by atoms with Crippen molar-refractivity contribution in [1.82, 2.24) is 10.6 Å². The van der Waals surface area contributed by atoms with Crippen LogP contribution in [0.4, 0.5) is 0 Å². The minimum Gasteiger partial charge on any atom is -0.497 e. The topological polar surface area (TPSA) is 67.4 Å². The second kappa shape index (κ2) is 9.21. The molecular formula is C22H26N2O3. The standard InChI is InChI=1S/C22H26N2O3/c1-27-18-9-5-8-17(14-18)11-13-24-22(26)20-15-19(20)21(25)23-12-10-16-6-3-2-4-7-16/h2-9,14,19-20H,10-13,15H2,1H3,(H,23,25)(H,24,26). The van der Waals surface area contributed by atoms with Gasteiger partial charge in [0.25, 0.3) is 0 Å². The van der Waals surface area contributed by atoms with Gasteiger partial charge >= 0.3 is 0 Å². The minimum atomic E-state index is -0.188. The van der Waals surface area contributed by atoms with E-state index in [1.165, 1.54) is 5.56 Å². The Hall–Kier alpha value is -2.82. The maximum atomic E-state index is 12.2. The smallest absolute Gasteiger partial charge is 0.223 e. The molecule has 2 aromatic carbocycles. The molecule has 2 aromatic rings. The molecule has 3 rings (SSSR count). The van der Waals surface area contributed by atoms with Gasteiger partial charge in [0.05, 0.1) is 18.9 Å². The Kier molecular flexibility index (Phi) is 6.47. The number of methoxy groups -OCH3 is 1. The Morgan fingerprint density at radius 1 is 0.889 bits per heavy atom. The summed E-state index contributed by atoms with van der Waals surface area (Å²) in [5.74, 6) is 0.401. The second-order valence-corrected chi connectivity index (χ2v) is 6.87. The monoisotopic (exact) mass is 366 g/mol. The number of hydrogen-bond donors (Lipinski definition) is 2. The van der Waals surface area contributed by atoms with Crippen molar-refractivity contribution in [2.24, 2.45) is 11.8 Å². The van der Waals surface area contributed by atoms with Crippen LogP contribution in [-0.4, -0.2) is 32.0 Å². The highest BCUT2D eigenvalue weighted by Gasteiger charge is 2.47. The van der Waals surface area contributed by atoms with E-state index in [1.807, 2.05) is 54.6 Å². The molecule has 0 saturated heterocycles. The average molecular weight is 366 g/mol. The van der Waals surface area contributed by atoms with Crippen LogP contribution in [0.2, 0.25) is 0 Å². The molecule has 142 valence electrons. The summed E-state index contributed by atoms with van der Waals surface area (Å²) in [5, 5.41) is 5.88. The predicted octanol–water partition coefficient (Wildman–Crippen LogP) is 2.35. The summed E-state index contributed by atoms with van der Waals surface area (Å²) in [6.45, 7) is 1.16. The maximum absolute atomic E-state index is 12.2. The Balaban J connectivity index is 1.34. The van der Waals surface area contributed by atoms with Crippen molar-refractivity contribution < 1.29 is 14.3 Å². The molecule has 1 aliphatic rings. The molecule has 0 heterocycles. The van der Waals surface area contributed by atoms with Gasteiger partial charge in [-0.15, -0.1) is 0 Å². The maximum Gasteiger partial charge on any atom is 0.223 e. The molecule has 2 amide bonds. The van der Waals surface area contributed by atoms with Crippen LogP contribution >= 0.6 is 0 Å². The normalized spacial score (nSPS) is 17.8. The molecule has 0 aliphatic heterocycles. The van der Waals surface area contributed by atoms with Crippen molar-refractivity contribution >= 4 is 11.8 Å². The van der Waals surface area contributed by atoms with Crippen molar-refractivity contribution in [3.05, 3.63) is 65.7 Å². The van der Waals surface area contributed by atoms with Gasteiger partial charge in [0.2, 0.25) is 11.8 Å². The molecule has 5 heteroatoms. The predicted molar refractivity (Wildman–Crippen MR) is 104 cm³/mol. The molecular weight excluding hydrogens is 340 g/mol. The van der Waals surface area contributed by atoms with Crippen LogP contribution < -0.4 is 15.4 Å². The van der Waals surface area contributed by atoms with E-state index in [0.29, 0.717) is 19.5 Å². The molecule has 5 nitrogen and oxygen atoms in total. The number of amides is 2. The Bertz CT molecular complexity index is 776. The molecule has 1 aliphatic carbocycles. The quantitative estimate of drug-likeness (QED) is 0.716. The fourth-order valence-corrected chi connectivity index (χ4v) is 3.17. The number of hydrogen-bond acceptors (Lipinski definition) is 3. The molecule has 2 unspecified atom stereocenters. The summed E-state index contributed by atoms with van der Waals surface area (Å²) in [4.78, 5) is 24.4. The lowest BCUT2D eigenvalue weighted by molar-refractivity contribution is -0.127. The number of nitrogens with one attached hydrogen (secondary N) is 2. The van der Waals surface area contributed by atoms with Gasteiger partial charge < -0.3 is 15.4 Å². The van der Waals surface area contributed by atoms with E-state index in [2.05, 4.69) is 10.6 Å².